The molecule has 0 amide bonds. The van der Waals surface area contributed by atoms with E-state index in [1.807, 2.05) is 13.0 Å². The molecular weight excluding hydrogens is 234 g/mol. The van der Waals surface area contributed by atoms with Gasteiger partial charge in [-0.05, 0) is 24.6 Å². The molecule has 1 N–H and O–H groups in total. The summed E-state index contributed by atoms with van der Waals surface area (Å²) in [6.07, 6.45) is 1.52. The van der Waals surface area contributed by atoms with Crippen LogP contribution in [0.2, 0.25) is 0 Å². The molecule has 0 saturated carbocycles. The summed E-state index contributed by atoms with van der Waals surface area (Å²) in [7, 11) is 3.29. The number of fused-ring (bicyclic) bond motifs is 1. The van der Waals surface area contributed by atoms with Gasteiger partial charge in [0.05, 0.1) is 18.2 Å². The highest BCUT2D eigenvalue weighted by atomic mass is 16.5. The minimum atomic E-state index is -1.46. The molecule has 1 aromatic heterocycles. The van der Waals surface area contributed by atoms with E-state index in [0.717, 1.165) is 5.56 Å². The van der Waals surface area contributed by atoms with Crippen molar-refractivity contribution < 1.29 is 19.4 Å². The summed E-state index contributed by atoms with van der Waals surface area (Å²) in [5, 5.41) is 9.41. The van der Waals surface area contributed by atoms with E-state index in [4.69, 9.17) is 9.84 Å². The van der Waals surface area contributed by atoms with Gasteiger partial charge in [-0.1, -0.05) is 0 Å². The third-order valence-corrected chi connectivity index (χ3v) is 2.84. The Bertz CT molecular complexity index is 655. The Morgan fingerprint density at radius 2 is 2.00 bits per heavy atom. The number of aryl methyl sites for hydroxylation is 2. The number of carbonyl (C=O) groups excluding carboxylic acids is 1. The molecule has 0 aliphatic rings. The zero-order valence-electron chi connectivity index (χ0n) is 10.4. The van der Waals surface area contributed by atoms with Crippen molar-refractivity contribution in [1.82, 2.24) is 4.57 Å². The van der Waals surface area contributed by atoms with Crippen LogP contribution < -0.4 is 4.74 Å². The number of aliphatic carboxylic acids is 1. The van der Waals surface area contributed by atoms with Crippen molar-refractivity contribution in [2.75, 3.05) is 7.11 Å². The van der Waals surface area contributed by atoms with Crippen molar-refractivity contribution in [2.45, 2.75) is 6.92 Å². The van der Waals surface area contributed by atoms with Crippen LogP contribution in [-0.4, -0.2) is 28.5 Å². The van der Waals surface area contributed by atoms with Crippen molar-refractivity contribution in [2.24, 2.45) is 7.05 Å². The van der Waals surface area contributed by atoms with Crippen LogP contribution in [0.15, 0.2) is 18.3 Å². The molecule has 2 aromatic rings. The van der Waals surface area contributed by atoms with Crippen LogP contribution in [0.4, 0.5) is 0 Å². The van der Waals surface area contributed by atoms with E-state index in [-0.39, 0.29) is 5.56 Å². The molecule has 2 rings (SSSR count). The second-order valence-electron chi connectivity index (χ2n) is 4.15. The minimum absolute atomic E-state index is 0.182. The first-order chi connectivity index (χ1) is 8.45. The van der Waals surface area contributed by atoms with E-state index in [1.165, 1.54) is 6.20 Å². The van der Waals surface area contributed by atoms with E-state index in [9.17, 15) is 9.59 Å². The number of ether oxygens (including phenoxy) is 1. The van der Waals surface area contributed by atoms with Crippen molar-refractivity contribution >= 4 is 22.7 Å². The molecule has 0 bridgehead atoms. The maximum atomic E-state index is 11.6. The Balaban J connectivity index is 2.82. The first-order valence-electron chi connectivity index (χ1n) is 5.37. The number of nitrogens with zero attached hydrogens (tertiary/aromatic N) is 1. The summed E-state index contributed by atoms with van der Waals surface area (Å²) in [6.45, 7) is 1.87. The zero-order chi connectivity index (χ0) is 13.4. The highest BCUT2D eigenvalue weighted by Gasteiger charge is 2.21. The molecule has 5 heteroatoms. The van der Waals surface area contributed by atoms with Crippen molar-refractivity contribution in [3.8, 4) is 5.75 Å². The Labute approximate surface area is 104 Å². The fraction of sp³-hybridized carbons (Fsp3) is 0.231. The largest absolute Gasteiger partial charge is 0.495 e. The van der Waals surface area contributed by atoms with Gasteiger partial charge in [0.2, 0.25) is 0 Å². The average molecular weight is 247 g/mol. The minimum Gasteiger partial charge on any atom is -0.495 e. The van der Waals surface area contributed by atoms with E-state index in [1.54, 1.807) is 24.8 Å². The van der Waals surface area contributed by atoms with Crippen molar-refractivity contribution in [3.05, 3.63) is 29.5 Å². The van der Waals surface area contributed by atoms with Crippen molar-refractivity contribution in [3.63, 3.8) is 0 Å². The molecule has 5 nitrogen and oxygen atoms in total. The van der Waals surface area contributed by atoms with Gasteiger partial charge in [0.1, 0.15) is 5.75 Å². The molecule has 0 spiro atoms. The number of aromatic nitrogens is 1. The monoisotopic (exact) mass is 247 g/mol. The molecule has 0 aliphatic heterocycles. The number of carbonyl (C=O) groups is 2. The Kier molecular flexibility index (Phi) is 2.82. The summed E-state index contributed by atoms with van der Waals surface area (Å²) in [5.74, 6) is -1.74. The predicted molar refractivity (Wildman–Crippen MR) is 66.2 cm³/mol. The summed E-state index contributed by atoms with van der Waals surface area (Å²) < 4.78 is 6.96. The quantitative estimate of drug-likeness (QED) is 0.663. The topological polar surface area (TPSA) is 68.5 Å². The molecule has 1 aromatic carbocycles. The number of hydrogen-bond donors (Lipinski definition) is 1. The van der Waals surface area contributed by atoms with Crippen LogP contribution in [-0.2, 0) is 11.8 Å². The molecule has 0 radical (unpaired) electrons. The van der Waals surface area contributed by atoms with Crippen LogP contribution in [0.5, 0.6) is 5.75 Å². The first kappa shape index (κ1) is 12.2. The maximum Gasteiger partial charge on any atom is 0.377 e. The fourth-order valence-electron chi connectivity index (χ4n) is 2.09. The van der Waals surface area contributed by atoms with Crippen LogP contribution in [0.3, 0.4) is 0 Å². The van der Waals surface area contributed by atoms with Crippen LogP contribution in [0, 0.1) is 6.92 Å². The van der Waals surface area contributed by atoms with E-state index in [0.29, 0.717) is 16.7 Å². The average Bonchev–Trinajstić information content (AvgIpc) is 2.64. The normalized spacial score (nSPS) is 10.6. The Morgan fingerprint density at radius 3 is 2.56 bits per heavy atom. The Morgan fingerprint density at radius 1 is 1.33 bits per heavy atom. The molecule has 94 valence electrons. The maximum absolute atomic E-state index is 11.6. The fourth-order valence-corrected chi connectivity index (χ4v) is 2.09. The second kappa shape index (κ2) is 4.18. The second-order valence-corrected chi connectivity index (χ2v) is 4.15. The van der Waals surface area contributed by atoms with Crippen LogP contribution in [0.25, 0.3) is 10.9 Å². The number of carboxylic acids is 1. The number of Topliss-reactive ketones (excluding diaryl/α,β-unsaturated/α-hetero) is 1. The highest BCUT2D eigenvalue weighted by Crippen LogP contribution is 2.31. The summed E-state index contributed by atoms with van der Waals surface area (Å²) in [6, 6.07) is 3.63. The predicted octanol–water partition coefficient (Wildman–Crippen LogP) is 1.76. The molecule has 0 aliphatic carbocycles. The molecule has 0 fully saturated rings. The third-order valence-electron chi connectivity index (χ3n) is 2.84. The number of rotatable bonds is 3. The lowest BCUT2D eigenvalue weighted by atomic mass is 10.1. The van der Waals surface area contributed by atoms with Gasteiger partial charge in [-0.25, -0.2) is 4.79 Å². The lowest BCUT2D eigenvalue weighted by Crippen LogP contribution is -2.12. The van der Waals surface area contributed by atoms with E-state index in [2.05, 4.69) is 0 Å². The van der Waals surface area contributed by atoms with Gasteiger partial charge < -0.3 is 14.4 Å². The standard InChI is InChI=1S/C13H13NO4/c1-7-4-8-9(12(15)13(16)17)6-14(2)11(8)10(5-7)18-3/h4-6H,1-3H3,(H,16,17). The number of ketones is 1. The number of methoxy groups -OCH3 is 1. The molecule has 0 atom stereocenters. The van der Waals surface area contributed by atoms with Crippen LogP contribution in [0.1, 0.15) is 15.9 Å². The number of benzene rings is 1. The van der Waals surface area contributed by atoms with Crippen LogP contribution >= 0.6 is 0 Å². The van der Waals surface area contributed by atoms with E-state index >= 15 is 0 Å². The summed E-state index contributed by atoms with van der Waals surface area (Å²) >= 11 is 0. The SMILES string of the molecule is COc1cc(C)cc2c(C(=O)C(=O)O)cn(C)c12. The number of hydrogen-bond acceptors (Lipinski definition) is 3. The van der Waals surface area contributed by atoms with Gasteiger partial charge >= 0.3 is 5.97 Å². The molecule has 18 heavy (non-hydrogen) atoms. The first-order valence-corrected chi connectivity index (χ1v) is 5.37. The molecule has 1 heterocycles. The molecule has 0 unspecified atom stereocenters. The highest BCUT2D eigenvalue weighted by molar-refractivity contribution is 6.42. The Hall–Kier alpha value is -2.30. The molecule has 0 saturated heterocycles. The van der Waals surface area contributed by atoms with Gasteiger partial charge in [-0.3, -0.25) is 4.79 Å². The van der Waals surface area contributed by atoms with Gasteiger partial charge in [-0.15, -0.1) is 0 Å². The summed E-state index contributed by atoms with van der Waals surface area (Å²) in [4.78, 5) is 22.4. The van der Waals surface area contributed by atoms with Gasteiger partial charge in [-0.2, -0.15) is 0 Å². The van der Waals surface area contributed by atoms with E-state index < -0.39 is 11.8 Å². The zero-order valence-corrected chi connectivity index (χ0v) is 10.4. The van der Waals surface area contributed by atoms with Gasteiger partial charge in [0, 0.05) is 18.6 Å². The third kappa shape index (κ3) is 1.73. The lowest BCUT2D eigenvalue weighted by Gasteiger charge is -2.06. The number of carboxylic acid groups (broad SMARTS) is 1. The van der Waals surface area contributed by atoms with Gasteiger partial charge in [0.15, 0.2) is 0 Å². The smallest absolute Gasteiger partial charge is 0.377 e. The summed E-state index contributed by atoms with van der Waals surface area (Å²) in [5.41, 5.74) is 1.81. The van der Waals surface area contributed by atoms with Gasteiger partial charge in [0.25, 0.3) is 5.78 Å². The van der Waals surface area contributed by atoms with Crippen molar-refractivity contribution in [1.29, 1.82) is 0 Å². The lowest BCUT2D eigenvalue weighted by molar-refractivity contribution is -0.131. The molecular formula is C13H13NO4.